The summed E-state index contributed by atoms with van der Waals surface area (Å²) in [6, 6.07) is 13.1. The average Bonchev–Trinajstić information content (AvgIpc) is 2.45. The molecule has 2 aromatic carbocycles. The normalized spacial score (nSPS) is 10.3. The minimum Gasteiger partial charge on any atom is -0.496 e. The number of methoxy groups -OCH3 is 1. The van der Waals surface area contributed by atoms with Crippen LogP contribution in [0.15, 0.2) is 42.5 Å². The first-order chi connectivity index (χ1) is 9.22. The average molecular weight is 278 g/mol. The van der Waals surface area contributed by atoms with Gasteiger partial charge in [-0.15, -0.1) is 0 Å². The van der Waals surface area contributed by atoms with E-state index in [0.717, 1.165) is 22.6 Å². The Balaban J connectivity index is 2.14. The summed E-state index contributed by atoms with van der Waals surface area (Å²) in [5.74, 6) is 1.52. The van der Waals surface area contributed by atoms with Crippen molar-refractivity contribution in [1.29, 1.82) is 0 Å². The van der Waals surface area contributed by atoms with E-state index in [2.05, 4.69) is 0 Å². The van der Waals surface area contributed by atoms with Gasteiger partial charge in [0.2, 0.25) is 0 Å². The van der Waals surface area contributed by atoms with Crippen LogP contribution in [0.2, 0.25) is 5.02 Å². The van der Waals surface area contributed by atoms with E-state index in [1.807, 2.05) is 36.4 Å². The molecule has 4 heteroatoms. The van der Waals surface area contributed by atoms with E-state index >= 15 is 0 Å². The second-order valence-corrected chi connectivity index (χ2v) is 4.53. The number of benzene rings is 2. The van der Waals surface area contributed by atoms with Crippen LogP contribution in [-0.2, 0) is 13.2 Å². The summed E-state index contributed by atoms with van der Waals surface area (Å²) >= 11 is 5.91. The smallest absolute Gasteiger partial charge is 0.125 e. The highest BCUT2D eigenvalue weighted by atomic mass is 35.5. The lowest BCUT2D eigenvalue weighted by Crippen LogP contribution is -2.02. The van der Waals surface area contributed by atoms with Crippen molar-refractivity contribution in [2.45, 2.75) is 13.2 Å². The molecular formula is C15H16ClNO2. The molecule has 0 radical (unpaired) electrons. The largest absolute Gasteiger partial charge is 0.496 e. The molecule has 19 heavy (non-hydrogen) atoms. The molecule has 0 saturated heterocycles. The van der Waals surface area contributed by atoms with E-state index in [9.17, 15) is 0 Å². The Morgan fingerprint density at radius 3 is 2.68 bits per heavy atom. The zero-order chi connectivity index (χ0) is 13.7. The standard InChI is InChI=1S/C15H16ClNO2/c1-18-15-6-5-11(9-17)7-12(15)10-19-14-4-2-3-13(16)8-14/h2-8H,9-10,17H2,1H3. The number of nitrogens with two attached hydrogens (primary N) is 1. The van der Waals surface area contributed by atoms with Crippen LogP contribution in [0, 0.1) is 0 Å². The van der Waals surface area contributed by atoms with Crippen LogP contribution < -0.4 is 15.2 Å². The Morgan fingerprint density at radius 2 is 2.00 bits per heavy atom. The van der Waals surface area contributed by atoms with Crippen LogP contribution in [0.25, 0.3) is 0 Å². The number of hydrogen-bond acceptors (Lipinski definition) is 3. The van der Waals surface area contributed by atoms with Crippen molar-refractivity contribution in [1.82, 2.24) is 0 Å². The molecule has 0 bridgehead atoms. The topological polar surface area (TPSA) is 44.5 Å². The first-order valence-corrected chi connectivity index (χ1v) is 6.35. The minimum atomic E-state index is 0.414. The van der Waals surface area contributed by atoms with Crippen molar-refractivity contribution in [3.05, 3.63) is 58.6 Å². The van der Waals surface area contributed by atoms with E-state index in [1.165, 1.54) is 0 Å². The zero-order valence-electron chi connectivity index (χ0n) is 10.7. The summed E-state index contributed by atoms with van der Waals surface area (Å²) in [6.07, 6.45) is 0. The van der Waals surface area contributed by atoms with Gasteiger partial charge in [-0.2, -0.15) is 0 Å². The molecule has 3 nitrogen and oxygen atoms in total. The van der Waals surface area contributed by atoms with Crippen molar-refractivity contribution in [2.75, 3.05) is 7.11 Å². The van der Waals surface area contributed by atoms with Gasteiger partial charge >= 0.3 is 0 Å². The summed E-state index contributed by atoms with van der Waals surface area (Å²) < 4.78 is 11.0. The fourth-order valence-electron chi connectivity index (χ4n) is 1.79. The van der Waals surface area contributed by atoms with Crippen LogP contribution in [0.4, 0.5) is 0 Å². The fourth-order valence-corrected chi connectivity index (χ4v) is 1.97. The molecule has 0 unspecified atom stereocenters. The highest BCUT2D eigenvalue weighted by molar-refractivity contribution is 6.30. The van der Waals surface area contributed by atoms with Crippen LogP contribution in [0.5, 0.6) is 11.5 Å². The van der Waals surface area contributed by atoms with Gasteiger partial charge in [-0.25, -0.2) is 0 Å². The molecule has 0 saturated carbocycles. The van der Waals surface area contributed by atoms with Crippen LogP contribution in [0.1, 0.15) is 11.1 Å². The number of ether oxygens (including phenoxy) is 2. The van der Waals surface area contributed by atoms with Crippen molar-refractivity contribution in [2.24, 2.45) is 5.73 Å². The maximum Gasteiger partial charge on any atom is 0.125 e. The molecule has 100 valence electrons. The van der Waals surface area contributed by atoms with Gasteiger partial charge in [-0.05, 0) is 35.9 Å². The molecular weight excluding hydrogens is 262 g/mol. The predicted molar refractivity (Wildman–Crippen MR) is 76.7 cm³/mol. The zero-order valence-corrected chi connectivity index (χ0v) is 11.5. The van der Waals surface area contributed by atoms with Crippen molar-refractivity contribution >= 4 is 11.6 Å². The molecule has 2 aromatic rings. The van der Waals surface area contributed by atoms with Crippen LogP contribution in [-0.4, -0.2) is 7.11 Å². The highest BCUT2D eigenvalue weighted by Gasteiger charge is 2.05. The molecule has 0 amide bonds. The van der Waals surface area contributed by atoms with Gasteiger partial charge in [0.1, 0.15) is 18.1 Å². The van der Waals surface area contributed by atoms with Gasteiger partial charge < -0.3 is 15.2 Å². The molecule has 2 N–H and O–H groups in total. The Kier molecular flexibility index (Phi) is 4.66. The lowest BCUT2D eigenvalue weighted by Gasteiger charge is -2.11. The van der Waals surface area contributed by atoms with Gasteiger partial charge in [-0.3, -0.25) is 0 Å². The minimum absolute atomic E-state index is 0.414. The predicted octanol–water partition coefficient (Wildman–Crippen LogP) is 3.39. The van der Waals surface area contributed by atoms with Gasteiger partial charge in [0.15, 0.2) is 0 Å². The quantitative estimate of drug-likeness (QED) is 0.911. The SMILES string of the molecule is COc1ccc(CN)cc1COc1cccc(Cl)c1. The second kappa shape index (κ2) is 6.45. The van der Waals surface area contributed by atoms with Gasteiger partial charge in [0, 0.05) is 17.1 Å². The highest BCUT2D eigenvalue weighted by Crippen LogP contribution is 2.23. The lowest BCUT2D eigenvalue weighted by molar-refractivity contribution is 0.296. The first kappa shape index (κ1) is 13.7. The number of hydrogen-bond donors (Lipinski definition) is 1. The third-order valence-electron chi connectivity index (χ3n) is 2.77. The molecule has 0 aliphatic heterocycles. The van der Waals surface area contributed by atoms with Crippen LogP contribution in [0.3, 0.4) is 0 Å². The summed E-state index contributed by atoms with van der Waals surface area (Å²) in [5.41, 5.74) is 7.65. The van der Waals surface area contributed by atoms with Crippen LogP contribution >= 0.6 is 11.6 Å². The fraction of sp³-hybridized carbons (Fsp3) is 0.200. The van der Waals surface area contributed by atoms with Crippen molar-refractivity contribution in [3.8, 4) is 11.5 Å². The van der Waals surface area contributed by atoms with E-state index < -0.39 is 0 Å². The summed E-state index contributed by atoms with van der Waals surface area (Å²) in [6.45, 7) is 0.908. The third-order valence-corrected chi connectivity index (χ3v) is 3.01. The maximum absolute atomic E-state index is 5.91. The van der Waals surface area contributed by atoms with E-state index in [-0.39, 0.29) is 0 Å². The molecule has 0 heterocycles. The Morgan fingerprint density at radius 1 is 1.16 bits per heavy atom. The third kappa shape index (κ3) is 3.63. The van der Waals surface area contributed by atoms with E-state index in [1.54, 1.807) is 13.2 Å². The second-order valence-electron chi connectivity index (χ2n) is 4.10. The number of rotatable bonds is 5. The Hall–Kier alpha value is -1.71. The Bertz CT molecular complexity index is 558. The molecule has 0 spiro atoms. The van der Waals surface area contributed by atoms with E-state index in [0.29, 0.717) is 18.2 Å². The van der Waals surface area contributed by atoms with Gasteiger partial charge in [0.05, 0.1) is 7.11 Å². The molecule has 0 atom stereocenters. The summed E-state index contributed by atoms with van der Waals surface area (Å²) in [4.78, 5) is 0. The molecule has 0 aliphatic rings. The maximum atomic E-state index is 5.91. The molecule has 0 aromatic heterocycles. The first-order valence-electron chi connectivity index (χ1n) is 5.97. The van der Waals surface area contributed by atoms with Gasteiger partial charge in [0.25, 0.3) is 0 Å². The van der Waals surface area contributed by atoms with Crippen molar-refractivity contribution < 1.29 is 9.47 Å². The molecule has 2 rings (SSSR count). The Labute approximate surface area is 117 Å². The lowest BCUT2D eigenvalue weighted by atomic mass is 10.1. The number of halogens is 1. The van der Waals surface area contributed by atoms with Gasteiger partial charge in [-0.1, -0.05) is 23.7 Å². The molecule has 0 fully saturated rings. The summed E-state index contributed by atoms with van der Waals surface area (Å²) in [7, 11) is 1.64. The molecule has 0 aliphatic carbocycles. The van der Waals surface area contributed by atoms with E-state index in [4.69, 9.17) is 26.8 Å². The summed E-state index contributed by atoms with van der Waals surface area (Å²) in [5, 5.41) is 0.653. The van der Waals surface area contributed by atoms with Crippen molar-refractivity contribution in [3.63, 3.8) is 0 Å². The monoisotopic (exact) mass is 277 g/mol.